The summed E-state index contributed by atoms with van der Waals surface area (Å²) in [6.07, 6.45) is -2.35. The lowest BCUT2D eigenvalue weighted by molar-refractivity contribution is -0.153. The van der Waals surface area contributed by atoms with Crippen molar-refractivity contribution in [2.24, 2.45) is 0 Å². The first-order valence-electron chi connectivity index (χ1n) is 8.66. The predicted molar refractivity (Wildman–Crippen MR) is 98.1 cm³/mol. The number of rotatable bonds is 4. The highest BCUT2D eigenvalue weighted by Crippen LogP contribution is 2.43. The van der Waals surface area contributed by atoms with Gasteiger partial charge in [-0.15, -0.1) is 0 Å². The molecule has 6 heteroatoms. The van der Waals surface area contributed by atoms with E-state index < -0.39 is 18.5 Å². The molecule has 26 heavy (non-hydrogen) atoms. The lowest BCUT2D eigenvalue weighted by Crippen LogP contribution is -2.54. The van der Waals surface area contributed by atoms with E-state index in [4.69, 9.17) is 18.9 Å². The zero-order valence-corrected chi connectivity index (χ0v) is 15.5. The van der Waals surface area contributed by atoms with Crippen molar-refractivity contribution < 1.29 is 24.1 Å². The number of thioether (sulfide) groups is 1. The first-order valence-corrected chi connectivity index (χ1v) is 9.54. The monoisotopic (exact) mass is 374 g/mol. The Labute approximate surface area is 157 Å². The third-order valence-corrected chi connectivity index (χ3v) is 5.86. The van der Waals surface area contributed by atoms with Crippen molar-refractivity contribution in [3.63, 3.8) is 0 Å². The van der Waals surface area contributed by atoms with Crippen LogP contribution in [0.4, 0.5) is 0 Å². The van der Waals surface area contributed by atoms with Crippen molar-refractivity contribution in [3.8, 4) is 5.75 Å². The molecule has 0 saturated carbocycles. The third-order valence-electron chi connectivity index (χ3n) is 4.70. The molecule has 2 aliphatic heterocycles. The molecule has 2 aromatic carbocycles. The average molecular weight is 374 g/mol. The summed E-state index contributed by atoms with van der Waals surface area (Å²) in [6, 6.07) is 17.6. The molecule has 2 fully saturated rings. The van der Waals surface area contributed by atoms with Gasteiger partial charge in [0.2, 0.25) is 0 Å². The SMILES string of the molecule is COc1ccc(C2O[C@@H]3[C@@H](O)[C@H](C)O[C@@H](Sc4ccccc4)[C@@H]3O2)cc1. The van der Waals surface area contributed by atoms with Crippen molar-refractivity contribution in [1.29, 1.82) is 0 Å². The van der Waals surface area contributed by atoms with Gasteiger partial charge in [0, 0.05) is 10.5 Å². The van der Waals surface area contributed by atoms with Crippen LogP contribution in [0.1, 0.15) is 18.8 Å². The summed E-state index contributed by atoms with van der Waals surface area (Å²) < 4.78 is 23.4. The normalized spacial score (nSPS) is 33.7. The molecule has 1 N–H and O–H groups in total. The maximum atomic E-state index is 10.5. The second kappa shape index (κ2) is 7.58. The van der Waals surface area contributed by atoms with E-state index in [0.717, 1.165) is 16.2 Å². The fourth-order valence-corrected chi connectivity index (χ4v) is 4.42. The van der Waals surface area contributed by atoms with Crippen molar-refractivity contribution in [3.05, 3.63) is 60.2 Å². The number of benzene rings is 2. The smallest absolute Gasteiger partial charge is 0.185 e. The van der Waals surface area contributed by atoms with Crippen LogP contribution < -0.4 is 4.74 Å². The lowest BCUT2D eigenvalue weighted by Gasteiger charge is -2.38. The molecule has 1 unspecified atom stereocenters. The Balaban J connectivity index is 1.54. The number of aliphatic hydroxyl groups excluding tert-OH is 1. The molecule has 0 radical (unpaired) electrons. The van der Waals surface area contributed by atoms with Gasteiger partial charge in [-0.1, -0.05) is 42.1 Å². The molecule has 0 amide bonds. The van der Waals surface area contributed by atoms with E-state index in [9.17, 15) is 5.11 Å². The zero-order valence-electron chi connectivity index (χ0n) is 14.6. The molecule has 0 aromatic heterocycles. The van der Waals surface area contributed by atoms with Gasteiger partial charge in [0.1, 0.15) is 29.5 Å². The number of fused-ring (bicyclic) bond motifs is 1. The van der Waals surface area contributed by atoms with E-state index in [0.29, 0.717) is 0 Å². The van der Waals surface area contributed by atoms with Crippen molar-refractivity contribution in [2.75, 3.05) is 7.11 Å². The fraction of sp³-hybridized carbons (Fsp3) is 0.400. The lowest BCUT2D eigenvalue weighted by atomic mass is 10.0. The minimum atomic E-state index is -0.726. The molecule has 2 aliphatic rings. The highest BCUT2D eigenvalue weighted by molar-refractivity contribution is 7.99. The van der Waals surface area contributed by atoms with E-state index >= 15 is 0 Å². The molecular formula is C20H22O5S. The first-order chi connectivity index (χ1) is 12.7. The maximum absolute atomic E-state index is 10.5. The molecule has 0 aliphatic carbocycles. The van der Waals surface area contributed by atoms with Crippen LogP contribution in [-0.4, -0.2) is 42.1 Å². The second-order valence-corrected chi connectivity index (χ2v) is 7.61. The highest BCUT2D eigenvalue weighted by Gasteiger charge is 2.51. The summed E-state index contributed by atoms with van der Waals surface area (Å²) in [5.41, 5.74) is 0.646. The van der Waals surface area contributed by atoms with E-state index in [1.807, 2.05) is 61.5 Å². The minimum Gasteiger partial charge on any atom is -0.497 e. The molecule has 0 bridgehead atoms. The van der Waals surface area contributed by atoms with Gasteiger partial charge in [-0.2, -0.15) is 0 Å². The van der Waals surface area contributed by atoms with Crippen molar-refractivity contribution in [2.45, 2.75) is 48.0 Å². The molecule has 4 rings (SSSR count). The van der Waals surface area contributed by atoms with Gasteiger partial charge < -0.3 is 24.1 Å². The Bertz CT molecular complexity index is 723. The standard InChI is InChI=1S/C20H22O5S/c1-12-16(21)17-18(20(23-12)26-15-6-4-3-5-7-15)25-19(24-17)13-8-10-14(22-2)11-9-13/h3-12,16-21H,1-2H3/t12-,16-,17+,18+,19?,20-/m0/s1. The molecule has 2 saturated heterocycles. The Kier molecular flexibility index (Phi) is 5.20. The van der Waals surface area contributed by atoms with Gasteiger partial charge in [-0.05, 0) is 31.2 Å². The van der Waals surface area contributed by atoms with Crippen LogP contribution in [0.2, 0.25) is 0 Å². The van der Waals surface area contributed by atoms with Gasteiger partial charge in [0.25, 0.3) is 0 Å². The van der Waals surface area contributed by atoms with Gasteiger partial charge in [-0.3, -0.25) is 0 Å². The summed E-state index contributed by atoms with van der Waals surface area (Å²) in [7, 11) is 1.63. The Morgan fingerprint density at radius 1 is 0.923 bits per heavy atom. The predicted octanol–water partition coefficient (Wildman–Crippen LogP) is 3.38. The van der Waals surface area contributed by atoms with Crippen LogP contribution in [0.3, 0.4) is 0 Å². The molecule has 138 valence electrons. The molecule has 0 spiro atoms. The summed E-state index contributed by atoms with van der Waals surface area (Å²) in [4.78, 5) is 1.09. The zero-order chi connectivity index (χ0) is 18.1. The van der Waals surface area contributed by atoms with Crippen LogP contribution in [-0.2, 0) is 14.2 Å². The highest BCUT2D eigenvalue weighted by atomic mass is 32.2. The van der Waals surface area contributed by atoms with Gasteiger partial charge in [-0.25, -0.2) is 0 Å². The van der Waals surface area contributed by atoms with Crippen LogP contribution in [0.25, 0.3) is 0 Å². The van der Waals surface area contributed by atoms with Gasteiger partial charge >= 0.3 is 0 Å². The second-order valence-electron chi connectivity index (χ2n) is 6.44. The van der Waals surface area contributed by atoms with Crippen molar-refractivity contribution >= 4 is 11.8 Å². The molecule has 2 aromatic rings. The summed E-state index contributed by atoms with van der Waals surface area (Å²) in [5.74, 6) is 0.777. The summed E-state index contributed by atoms with van der Waals surface area (Å²) in [6.45, 7) is 1.86. The Hall–Kier alpha value is -1.57. The number of methoxy groups -OCH3 is 1. The van der Waals surface area contributed by atoms with E-state index in [1.54, 1.807) is 18.9 Å². The molecule has 6 atom stereocenters. The fourth-order valence-electron chi connectivity index (χ4n) is 3.25. The summed E-state index contributed by atoms with van der Waals surface area (Å²) in [5, 5.41) is 10.5. The number of ether oxygens (including phenoxy) is 4. The number of hydrogen-bond acceptors (Lipinski definition) is 6. The topological polar surface area (TPSA) is 57.2 Å². The third kappa shape index (κ3) is 3.48. The molecular weight excluding hydrogens is 352 g/mol. The van der Waals surface area contributed by atoms with Crippen LogP contribution in [0.15, 0.2) is 59.5 Å². The quantitative estimate of drug-likeness (QED) is 0.885. The maximum Gasteiger partial charge on any atom is 0.185 e. The van der Waals surface area contributed by atoms with Crippen molar-refractivity contribution in [1.82, 2.24) is 0 Å². The van der Waals surface area contributed by atoms with Crippen LogP contribution in [0, 0.1) is 0 Å². The Morgan fingerprint density at radius 2 is 1.62 bits per heavy atom. The van der Waals surface area contributed by atoms with E-state index in [1.165, 1.54) is 0 Å². The molecule has 5 nitrogen and oxygen atoms in total. The number of aliphatic hydroxyl groups is 1. The van der Waals surface area contributed by atoms with Crippen LogP contribution >= 0.6 is 11.8 Å². The largest absolute Gasteiger partial charge is 0.497 e. The van der Waals surface area contributed by atoms with Crippen LogP contribution in [0.5, 0.6) is 5.75 Å². The minimum absolute atomic E-state index is 0.246. The molecule has 2 heterocycles. The Morgan fingerprint density at radius 3 is 2.31 bits per heavy atom. The summed E-state index contributed by atoms with van der Waals surface area (Å²) >= 11 is 1.59. The van der Waals surface area contributed by atoms with E-state index in [-0.39, 0.29) is 17.6 Å². The average Bonchev–Trinajstić information content (AvgIpc) is 3.13. The number of hydrogen-bond donors (Lipinski definition) is 1. The first kappa shape index (κ1) is 17.8. The van der Waals surface area contributed by atoms with Gasteiger partial charge in [0.15, 0.2) is 6.29 Å². The van der Waals surface area contributed by atoms with E-state index in [2.05, 4.69) is 0 Å². The van der Waals surface area contributed by atoms with Gasteiger partial charge in [0.05, 0.1) is 13.2 Å².